The Balaban J connectivity index is 2.27. The summed E-state index contributed by atoms with van der Waals surface area (Å²) < 4.78 is 30.4. The molecule has 8 nitrogen and oxygen atoms in total. The summed E-state index contributed by atoms with van der Waals surface area (Å²) in [5.74, 6) is -1.72. The van der Waals surface area contributed by atoms with Crippen LogP contribution >= 0.6 is 0 Å². The minimum Gasteiger partial charge on any atom is -0.481 e. The molecule has 23 heavy (non-hydrogen) atoms. The van der Waals surface area contributed by atoms with Gasteiger partial charge in [0, 0.05) is 33.3 Å². The number of nitrogens with zero attached hydrogens (tertiary/aromatic N) is 2. The molecule has 1 amide bonds. The van der Waals surface area contributed by atoms with E-state index in [4.69, 9.17) is 9.52 Å². The van der Waals surface area contributed by atoms with Crippen molar-refractivity contribution in [2.45, 2.75) is 24.9 Å². The zero-order valence-electron chi connectivity index (χ0n) is 13.3. The predicted molar refractivity (Wildman–Crippen MR) is 80.6 cm³/mol. The van der Waals surface area contributed by atoms with Crippen LogP contribution in [0.25, 0.3) is 0 Å². The van der Waals surface area contributed by atoms with Gasteiger partial charge in [-0.15, -0.1) is 0 Å². The van der Waals surface area contributed by atoms with Crippen LogP contribution in [0.2, 0.25) is 0 Å². The largest absolute Gasteiger partial charge is 0.481 e. The van der Waals surface area contributed by atoms with E-state index in [2.05, 4.69) is 0 Å². The molecule has 9 heteroatoms. The average Bonchev–Trinajstić information content (AvgIpc) is 2.89. The third kappa shape index (κ3) is 3.40. The van der Waals surface area contributed by atoms with Crippen molar-refractivity contribution >= 4 is 21.9 Å². The summed E-state index contributed by atoms with van der Waals surface area (Å²) in [6, 6.07) is 1.21. The van der Waals surface area contributed by atoms with Crippen molar-refractivity contribution in [2.24, 2.45) is 5.92 Å². The normalized spacial score (nSPS) is 19.1. The highest BCUT2D eigenvalue weighted by Crippen LogP contribution is 2.25. The number of aryl methyl sites for hydroxylation is 1. The molecule has 1 aliphatic rings. The standard InChI is InChI=1S/C14H20N2O6S/c1-9-11(7-12(22-9)23(20,21)15(2)3)13(17)16-6-4-5-10(8-16)14(18)19/h7,10H,4-6,8H2,1-3H3,(H,18,19). The second-order valence-corrected chi connectivity index (χ2v) is 7.83. The van der Waals surface area contributed by atoms with Gasteiger partial charge in [0.25, 0.3) is 15.9 Å². The molecule has 1 unspecified atom stereocenters. The molecule has 0 aliphatic carbocycles. The molecule has 1 aromatic heterocycles. The second-order valence-electron chi connectivity index (χ2n) is 5.75. The number of hydrogen-bond donors (Lipinski definition) is 1. The molecule has 0 spiro atoms. The van der Waals surface area contributed by atoms with Crippen LogP contribution in [0.4, 0.5) is 0 Å². The number of carboxylic acid groups (broad SMARTS) is 1. The number of amides is 1. The van der Waals surface area contributed by atoms with Crippen LogP contribution in [-0.2, 0) is 14.8 Å². The molecule has 128 valence electrons. The molecule has 1 N–H and O–H groups in total. The summed E-state index contributed by atoms with van der Waals surface area (Å²) in [5.41, 5.74) is 0.150. The predicted octanol–water partition coefficient (Wildman–Crippen LogP) is 0.775. The SMILES string of the molecule is Cc1oc(S(=O)(=O)N(C)C)cc1C(=O)N1CCCC(C(=O)O)C1. The molecule has 1 saturated heterocycles. The van der Waals surface area contributed by atoms with Crippen LogP contribution in [0.1, 0.15) is 29.0 Å². The quantitative estimate of drug-likeness (QED) is 0.864. The Kier molecular flexibility index (Phi) is 4.81. The molecular weight excluding hydrogens is 324 g/mol. The number of carboxylic acids is 1. The monoisotopic (exact) mass is 344 g/mol. The average molecular weight is 344 g/mol. The number of carbonyl (C=O) groups is 2. The maximum atomic E-state index is 12.6. The summed E-state index contributed by atoms with van der Waals surface area (Å²) in [7, 11) is -1.02. The molecule has 0 bridgehead atoms. The van der Waals surface area contributed by atoms with Gasteiger partial charge in [0.2, 0.25) is 5.09 Å². The first-order valence-corrected chi connectivity index (χ1v) is 8.63. The Morgan fingerprint density at radius 3 is 2.61 bits per heavy atom. The molecule has 0 radical (unpaired) electrons. The minimum atomic E-state index is -3.77. The number of likely N-dealkylation sites (tertiary alicyclic amines) is 1. The fourth-order valence-corrected chi connectivity index (χ4v) is 3.36. The van der Waals surface area contributed by atoms with Crippen LogP contribution in [0, 0.1) is 12.8 Å². The van der Waals surface area contributed by atoms with Crippen LogP contribution in [0.5, 0.6) is 0 Å². The van der Waals surface area contributed by atoms with Gasteiger partial charge < -0.3 is 14.4 Å². The van der Waals surface area contributed by atoms with Crippen molar-refractivity contribution in [2.75, 3.05) is 27.2 Å². The Hall–Kier alpha value is -1.87. The summed E-state index contributed by atoms with van der Waals surface area (Å²) in [4.78, 5) is 25.1. The van der Waals surface area contributed by atoms with E-state index >= 15 is 0 Å². The first-order chi connectivity index (χ1) is 10.6. The number of hydrogen-bond acceptors (Lipinski definition) is 5. The van der Waals surface area contributed by atoms with Gasteiger partial charge in [-0.3, -0.25) is 9.59 Å². The zero-order valence-corrected chi connectivity index (χ0v) is 14.1. The molecule has 0 saturated carbocycles. The van der Waals surface area contributed by atoms with E-state index in [1.807, 2.05) is 0 Å². The Labute approximate surface area is 134 Å². The molecule has 2 heterocycles. The van der Waals surface area contributed by atoms with Gasteiger partial charge in [0.05, 0.1) is 11.5 Å². The van der Waals surface area contributed by atoms with Crippen LogP contribution in [0.15, 0.2) is 15.6 Å². The highest BCUT2D eigenvalue weighted by molar-refractivity contribution is 7.88. The van der Waals surface area contributed by atoms with Gasteiger partial charge in [-0.05, 0) is 19.8 Å². The number of sulfonamides is 1. The van der Waals surface area contributed by atoms with Crippen LogP contribution in [-0.4, -0.2) is 61.8 Å². The molecular formula is C14H20N2O6S. The van der Waals surface area contributed by atoms with E-state index in [0.717, 1.165) is 4.31 Å². The Morgan fingerprint density at radius 1 is 1.39 bits per heavy atom. The van der Waals surface area contributed by atoms with Crippen LogP contribution < -0.4 is 0 Å². The number of furan rings is 1. The Morgan fingerprint density at radius 2 is 2.04 bits per heavy atom. The first-order valence-electron chi connectivity index (χ1n) is 7.19. The summed E-state index contributed by atoms with van der Waals surface area (Å²) in [5, 5.41) is 8.80. The fourth-order valence-electron chi connectivity index (χ4n) is 2.51. The van der Waals surface area contributed by atoms with E-state index in [0.29, 0.717) is 19.4 Å². The topological polar surface area (TPSA) is 108 Å². The molecule has 2 rings (SSSR count). The maximum absolute atomic E-state index is 12.6. The van der Waals surface area contributed by atoms with E-state index in [-0.39, 0.29) is 23.0 Å². The molecule has 1 aliphatic heterocycles. The van der Waals surface area contributed by atoms with Gasteiger partial charge in [0.15, 0.2) is 0 Å². The lowest BCUT2D eigenvalue weighted by Crippen LogP contribution is -2.42. The lowest BCUT2D eigenvalue weighted by Gasteiger charge is -2.30. The van der Waals surface area contributed by atoms with Gasteiger partial charge in [-0.1, -0.05) is 0 Å². The lowest BCUT2D eigenvalue weighted by molar-refractivity contribution is -0.143. The smallest absolute Gasteiger partial charge is 0.308 e. The van der Waals surface area contributed by atoms with E-state index < -0.39 is 27.8 Å². The summed E-state index contributed by atoms with van der Waals surface area (Å²) in [6.45, 7) is 2.08. The molecule has 1 atom stereocenters. The first kappa shape index (κ1) is 17.5. The van der Waals surface area contributed by atoms with Gasteiger partial charge >= 0.3 is 5.97 Å². The highest BCUT2D eigenvalue weighted by Gasteiger charge is 2.32. The van der Waals surface area contributed by atoms with E-state index in [9.17, 15) is 18.0 Å². The third-order valence-electron chi connectivity index (χ3n) is 3.92. The van der Waals surface area contributed by atoms with Crippen molar-refractivity contribution in [1.82, 2.24) is 9.21 Å². The molecule has 1 aromatic rings. The molecule has 0 aromatic carbocycles. The van der Waals surface area contributed by atoms with Gasteiger partial charge in [-0.2, -0.15) is 0 Å². The van der Waals surface area contributed by atoms with Crippen molar-refractivity contribution in [3.63, 3.8) is 0 Å². The van der Waals surface area contributed by atoms with Crippen molar-refractivity contribution in [3.05, 3.63) is 17.4 Å². The summed E-state index contributed by atoms with van der Waals surface area (Å²) in [6.07, 6.45) is 1.13. The van der Waals surface area contributed by atoms with Crippen molar-refractivity contribution in [1.29, 1.82) is 0 Å². The minimum absolute atomic E-state index is 0.120. The number of piperidine rings is 1. The fraction of sp³-hybridized carbons (Fsp3) is 0.571. The molecule has 1 fully saturated rings. The number of rotatable bonds is 4. The van der Waals surface area contributed by atoms with E-state index in [1.165, 1.54) is 32.0 Å². The maximum Gasteiger partial charge on any atom is 0.308 e. The van der Waals surface area contributed by atoms with Gasteiger partial charge in [0.1, 0.15) is 5.76 Å². The number of aliphatic carboxylic acids is 1. The number of carbonyl (C=O) groups excluding carboxylic acids is 1. The van der Waals surface area contributed by atoms with Crippen molar-refractivity contribution < 1.29 is 27.5 Å². The Bertz CT molecular complexity index is 722. The lowest BCUT2D eigenvalue weighted by atomic mass is 9.98. The van der Waals surface area contributed by atoms with E-state index in [1.54, 1.807) is 0 Å². The van der Waals surface area contributed by atoms with Gasteiger partial charge in [-0.25, -0.2) is 12.7 Å². The summed E-state index contributed by atoms with van der Waals surface area (Å²) >= 11 is 0. The van der Waals surface area contributed by atoms with Crippen molar-refractivity contribution in [3.8, 4) is 0 Å². The highest BCUT2D eigenvalue weighted by atomic mass is 32.2. The second kappa shape index (κ2) is 6.32. The zero-order chi connectivity index (χ0) is 17.4. The third-order valence-corrected chi connectivity index (χ3v) is 5.59. The van der Waals surface area contributed by atoms with Crippen LogP contribution in [0.3, 0.4) is 0 Å².